The molecule has 2 aromatic carbocycles. The van der Waals surface area contributed by atoms with Crippen molar-refractivity contribution in [2.75, 3.05) is 13.6 Å². The number of fused-ring (bicyclic) bond motifs is 3. The molecule has 4 rings (SSSR count). The average molecular weight is 300 g/mol. The molecule has 0 amide bonds. The third-order valence-electron chi connectivity index (χ3n) is 5.27. The minimum Gasteiger partial charge on any atom is -0.303 e. The molecule has 1 aliphatic carbocycles. The minimum absolute atomic E-state index is 0. The van der Waals surface area contributed by atoms with Crippen molar-refractivity contribution in [1.29, 1.82) is 0 Å². The van der Waals surface area contributed by atoms with Gasteiger partial charge in [-0.2, -0.15) is 0 Å². The molecule has 2 unspecified atom stereocenters. The summed E-state index contributed by atoms with van der Waals surface area (Å²) in [6.07, 6.45) is 2.59. The van der Waals surface area contributed by atoms with Crippen LogP contribution < -0.4 is 0 Å². The summed E-state index contributed by atoms with van der Waals surface area (Å²) in [5.41, 5.74) is 4.64. The van der Waals surface area contributed by atoms with Gasteiger partial charge in [-0.25, -0.2) is 0 Å². The Morgan fingerprint density at radius 1 is 0.905 bits per heavy atom. The van der Waals surface area contributed by atoms with Crippen molar-refractivity contribution in [2.45, 2.75) is 30.7 Å². The van der Waals surface area contributed by atoms with E-state index in [4.69, 9.17) is 0 Å². The molecular weight excluding hydrogens is 278 g/mol. The monoisotopic (exact) mass is 299 g/mol. The number of hydrogen-bond donors (Lipinski definition) is 0. The smallest absolute Gasteiger partial charge is 0.0170 e. The first-order valence-electron chi connectivity index (χ1n) is 7.68. The lowest BCUT2D eigenvalue weighted by Crippen LogP contribution is -2.34. The lowest BCUT2D eigenvalue weighted by Gasteiger charge is -2.37. The van der Waals surface area contributed by atoms with E-state index in [-0.39, 0.29) is 12.4 Å². The number of likely N-dealkylation sites (N-methyl/N-ethyl adjacent to an activating group) is 1. The van der Waals surface area contributed by atoms with E-state index >= 15 is 0 Å². The largest absolute Gasteiger partial charge is 0.303 e. The second kappa shape index (κ2) is 5.82. The highest BCUT2D eigenvalue weighted by atomic mass is 35.5. The minimum atomic E-state index is 0. The molecule has 0 aromatic heterocycles. The highest BCUT2D eigenvalue weighted by molar-refractivity contribution is 5.85. The second-order valence-electron chi connectivity index (χ2n) is 6.27. The number of benzene rings is 2. The van der Waals surface area contributed by atoms with E-state index in [1.165, 1.54) is 24.9 Å². The number of rotatable bonds is 1. The van der Waals surface area contributed by atoms with Gasteiger partial charge in [-0.3, -0.25) is 0 Å². The molecule has 2 aromatic rings. The van der Waals surface area contributed by atoms with Crippen LogP contribution in [0.2, 0.25) is 0 Å². The fraction of sp³-hybridized carbons (Fsp3) is 0.368. The molecule has 2 aliphatic rings. The van der Waals surface area contributed by atoms with Crippen molar-refractivity contribution >= 4 is 12.4 Å². The second-order valence-corrected chi connectivity index (χ2v) is 6.27. The molecule has 3 atom stereocenters. The van der Waals surface area contributed by atoms with E-state index in [2.05, 4.69) is 66.5 Å². The van der Waals surface area contributed by atoms with Gasteiger partial charge >= 0.3 is 0 Å². The lowest BCUT2D eigenvalue weighted by molar-refractivity contribution is 0.265. The van der Waals surface area contributed by atoms with Crippen molar-refractivity contribution in [3.63, 3.8) is 0 Å². The Morgan fingerprint density at radius 3 is 2.33 bits per heavy atom. The fourth-order valence-electron chi connectivity index (χ4n) is 4.25. The normalized spacial score (nSPS) is 27.6. The standard InChI is InChI=1S/C19H21N.ClH/c1-20-12-11-17-15-9-5-6-10-16(15)18(13-19(17)20)14-7-3-2-4-8-14;/h2-10,17-19H,11-13H2,1H3;1H/t17?,18?,19-;/m0./s1. The van der Waals surface area contributed by atoms with Gasteiger partial charge in [-0.15, -0.1) is 12.4 Å². The highest BCUT2D eigenvalue weighted by Gasteiger charge is 2.40. The summed E-state index contributed by atoms with van der Waals surface area (Å²) < 4.78 is 0. The fourth-order valence-corrected chi connectivity index (χ4v) is 4.25. The summed E-state index contributed by atoms with van der Waals surface area (Å²) in [5, 5.41) is 0. The quantitative estimate of drug-likeness (QED) is 0.753. The van der Waals surface area contributed by atoms with Gasteiger partial charge in [0.25, 0.3) is 0 Å². The number of nitrogens with zero attached hydrogens (tertiary/aromatic N) is 1. The Labute approximate surface area is 133 Å². The molecule has 1 saturated heterocycles. The van der Waals surface area contributed by atoms with Gasteiger partial charge < -0.3 is 4.90 Å². The summed E-state index contributed by atoms with van der Waals surface area (Å²) in [6, 6.07) is 20.9. The molecule has 1 fully saturated rings. The van der Waals surface area contributed by atoms with Gasteiger partial charge in [0.05, 0.1) is 0 Å². The van der Waals surface area contributed by atoms with E-state index in [0.717, 1.165) is 12.0 Å². The van der Waals surface area contributed by atoms with Crippen molar-refractivity contribution in [3.8, 4) is 0 Å². The van der Waals surface area contributed by atoms with Gasteiger partial charge in [0.1, 0.15) is 0 Å². The Hall–Kier alpha value is -1.31. The zero-order chi connectivity index (χ0) is 13.5. The van der Waals surface area contributed by atoms with E-state index in [1.807, 2.05) is 0 Å². The van der Waals surface area contributed by atoms with Crippen LogP contribution in [0, 0.1) is 0 Å². The van der Waals surface area contributed by atoms with Crippen molar-refractivity contribution < 1.29 is 0 Å². The molecule has 1 heterocycles. The molecule has 0 spiro atoms. The molecule has 2 heteroatoms. The molecular formula is C19H22ClN. The third-order valence-corrected chi connectivity index (χ3v) is 5.27. The predicted octanol–water partition coefficient (Wildman–Crippen LogP) is 4.43. The topological polar surface area (TPSA) is 3.24 Å². The van der Waals surface area contributed by atoms with E-state index in [1.54, 1.807) is 11.1 Å². The molecule has 0 bridgehead atoms. The average Bonchev–Trinajstić information content (AvgIpc) is 2.89. The molecule has 1 aliphatic heterocycles. The molecule has 1 nitrogen and oxygen atoms in total. The van der Waals surface area contributed by atoms with Gasteiger partial charge in [0.2, 0.25) is 0 Å². The van der Waals surface area contributed by atoms with Crippen LogP contribution in [-0.4, -0.2) is 24.5 Å². The summed E-state index contributed by atoms with van der Waals surface area (Å²) >= 11 is 0. The molecule has 0 radical (unpaired) electrons. The Bertz CT molecular complexity index is 610. The Balaban J connectivity index is 0.00000132. The number of likely N-dealkylation sites (tertiary alicyclic amines) is 1. The Kier molecular flexibility index (Phi) is 4.05. The lowest BCUT2D eigenvalue weighted by atomic mass is 9.71. The maximum atomic E-state index is 2.57. The van der Waals surface area contributed by atoms with Crippen LogP contribution >= 0.6 is 12.4 Å². The zero-order valence-corrected chi connectivity index (χ0v) is 13.2. The van der Waals surface area contributed by atoms with Crippen molar-refractivity contribution in [2.24, 2.45) is 0 Å². The van der Waals surface area contributed by atoms with Crippen LogP contribution in [0.3, 0.4) is 0 Å². The first-order chi connectivity index (χ1) is 9.84. The maximum absolute atomic E-state index is 2.57. The van der Waals surface area contributed by atoms with Crippen LogP contribution in [0.25, 0.3) is 0 Å². The van der Waals surface area contributed by atoms with E-state index in [0.29, 0.717) is 5.92 Å². The van der Waals surface area contributed by atoms with Gasteiger partial charge in [0, 0.05) is 17.9 Å². The third kappa shape index (κ3) is 2.39. The number of halogens is 1. The molecule has 110 valence electrons. The van der Waals surface area contributed by atoms with Crippen molar-refractivity contribution in [1.82, 2.24) is 4.90 Å². The molecule has 21 heavy (non-hydrogen) atoms. The highest BCUT2D eigenvalue weighted by Crippen LogP contribution is 2.47. The maximum Gasteiger partial charge on any atom is 0.0170 e. The summed E-state index contributed by atoms with van der Waals surface area (Å²) in [6.45, 7) is 1.24. The summed E-state index contributed by atoms with van der Waals surface area (Å²) in [5.74, 6) is 1.31. The van der Waals surface area contributed by atoms with E-state index in [9.17, 15) is 0 Å². The zero-order valence-electron chi connectivity index (χ0n) is 12.4. The van der Waals surface area contributed by atoms with Gasteiger partial charge in [-0.05, 0) is 43.1 Å². The predicted molar refractivity (Wildman–Crippen MR) is 90.4 cm³/mol. The molecule has 0 saturated carbocycles. The van der Waals surface area contributed by atoms with Crippen LogP contribution in [0.5, 0.6) is 0 Å². The Morgan fingerprint density at radius 2 is 1.57 bits per heavy atom. The first-order valence-corrected chi connectivity index (χ1v) is 7.68. The van der Waals surface area contributed by atoms with E-state index < -0.39 is 0 Å². The van der Waals surface area contributed by atoms with Crippen LogP contribution in [-0.2, 0) is 0 Å². The van der Waals surface area contributed by atoms with Crippen LogP contribution in [0.15, 0.2) is 54.6 Å². The molecule has 0 N–H and O–H groups in total. The van der Waals surface area contributed by atoms with Crippen LogP contribution in [0.4, 0.5) is 0 Å². The van der Waals surface area contributed by atoms with Crippen molar-refractivity contribution in [3.05, 3.63) is 71.3 Å². The first kappa shape index (κ1) is 14.6. The summed E-state index contributed by atoms with van der Waals surface area (Å²) in [7, 11) is 2.29. The SMILES string of the molecule is CN1CCC2c3ccccc3C(c3ccccc3)C[C@@H]21.Cl. The number of hydrogen-bond acceptors (Lipinski definition) is 1. The van der Waals surface area contributed by atoms with Gasteiger partial charge in [-0.1, -0.05) is 54.6 Å². The van der Waals surface area contributed by atoms with Crippen LogP contribution in [0.1, 0.15) is 41.4 Å². The summed E-state index contributed by atoms with van der Waals surface area (Å²) in [4.78, 5) is 2.57. The van der Waals surface area contributed by atoms with Gasteiger partial charge in [0.15, 0.2) is 0 Å².